The molecule has 0 unspecified atom stereocenters. The first-order valence-electron chi connectivity index (χ1n) is 1.77. The minimum absolute atomic E-state index is 0. The van der Waals surface area contributed by atoms with Gasteiger partial charge in [-0.25, -0.2) is 9.59 Å². The zero-order valence-corrected chi connectivity index (χ0v) is 7.32. The Bertz CT molecular complexity index is 128. The number of carboxylic acids is 2. The largest absolute Gasteiger partial charge is 0.478 e. The van der Waals surface area contributed by atoms with E-state index in [-0.39, 0.29) is 35.8 Å². The molecular formula is C4H10Cl2O6. The van der Waals surface area contributed by atoms with Crippen molar-refractivity contribution < 1.29 is 30.8 Å². The highest BCUT2D eigenvalue weighted by Gasteiger charge is 1.88. The molecular weight excluding hydrogens is 215 g/mol. The molecule has 0 radical (unpaired) electrons. The van der Waals surface area contributed by atoms with Crippen LogP contribution in [-0.2, 0) is 9.59 Å². The minimum Gasteiger partial charge on any atom is -0.478 e. The molecule has 0 aromatic heterocycles. The predicted octanol–water partition coefficient (Wildman–Crippen LogP) is -1.09. The van der Waals surface area contributed by atoms with Crippen molar-refractivity contribution in [1.29, 1.82) is 0 Å². The normalized spacial score (nSPS) is 6.33. The summed E-state index contributed by atoms with van der Waals surface area (Å²) in [5, 5.41) is 15.6. The van der Waals surface area contributed by atoms with Gasteiger partial charge in [0.2, 0.25) is 0 Å². The van der Waals surface area contributed by atoms with Gasteiger partial charge >= 0.3 is 11.9 Å². The van der Waals surface area contributed by atoms with E-state index < -0.39 is 11.9 Å². The van der Waals surface area contributed by atoms with Crippen molar-refractivity contribution >= 4 is 36.8 Å². The lowest BCUT2D eigenvalue weighted by atomic mass is 10.5. The van der Waals surface area contributed by atoms with Crippen LogP contribution in [0.5, 0.6) is 0 Å². The first-order chi connectivity index (χ1) is 3.63. The molecule has 12 heavy (non-hydrogen) atoms. The summed E-state index contributed by atoms with van der Waals surface area (Å²) in [6.07, 6.45) is 1.12. The van der Waals surface area contributed by atoms with Crippen molar-refractivity contribution in [2.24, 2.45) is 0 Å². The second-order valence-corrected chi connectivity index (χ2v) is 1.01. The van der Waals surface area contributed by atoms with Crippen molar-refractivity contribution in [3.63, 3.8) is 0 Å². The summed E-state index contributed by atoms with van der Waals surface area (Å²) in [5.74, 6) is -2.51. The van der Waals surface area contributed by atoms with Gasteiger partial charge in [0, 0.05) is 12.2 Å². The molecule has 0 aromatic carbocycles. The fraction of sp³-hybridized carbons (Fsp3) is 0. The topological polar surface area (TPSA) is 138 Å². The highest BCUT2D eigenvalue weighted by atomic mass is 35.5. The van der Waals surface area contributed by atoms with Crippen LogP contribution in [0.4, 0.5) is 0 Å². The quantitative estimate of drug-likeness (QED) is 0.576. The Morgan fingerprint density at radius 2 is 1.00 bits per heavy atom. The van der Waals surface area contributed by atoms with E-state index >= 15 is 0 Å². The summed E-state index contributed by atoms with van der Waals surface area (Å²) in [6.45, 7) is 0. The van der Waals surface area contributed by atoms with Crippen LogP contribution in [0.1, 0.15) is 0 Å². The fourth-order valence-corrected chi connectivity index (χ4v) is 0.143. The average molecular weight is 225 g/mol. The Morgan fingerprint density at radius 1 is 0.833 bits per heavy atom. The summed E-state index contributed by atoms with van der Waals surface area (Å²) in [7, 11) is 0. The fourth-order valence-electron chi connectivity index (χ4n) is 0.143. The van der Waals surface area contributed by atoms with Crippen LogP contribution in [0.15, 0.2) is 12.2 Å². The zero-order chi connectivity index (χ0) is 6.57. The van der Waals surface area contributed by atoms with Gasteiger partial charge in [0.1, 0.15) is 0 Å². The molecule has 0 heterocycles. The van der Waals surface area contributed by atoms with Gasteiger partial charge in [0.15, 0.2) is 0 Å². The van der Waals surface area contributed by atoms with Crippen LogP contribution in [0.2, 0.25) is 0 Å². The van der Waals surface area contributed by atoms with Gasteiger partial charge in [-0.05, 0) is 0 Å². The monoisotopic (exact) mass is 224 g/mol. The molecule has 0 aliphatic heterocycles. The second-order valence-electron chi connectivity index (χ2n) is 1.01. The van der Waals surface area contributed by atoms with Crippen molar-refractivity contribution in [2.45, 2.75) is 0 Å². The lowest BCUT2D eigenvalue weighted by Gasteiger charge is -1.74. The van der Waals surface area contributed by atoms with Gasteiger partial charge in [-0.1, -0.05) is 0 Å². The Morgan fingerprint density at radius 3 is 1.08 bits per heavy atom. The summed E-state index contributed by atoms with van der Waals surface area (Å²) < 4.78 is 0. The SMILES string of the molecule is Cl.Cl.O.O.O=C(O)/C=C/C(=O)O. The molecule has 0 spiro atoms. The van der Waals surface area contributed by atoms with Crippen molar-refractivity contribution in [3.05, 3.63) is 12.2 Å². The lowest BCUT2D eigenvalue weighted by molar-refractivity contribution is -0.134. The number of hydrogen-bond donors (Lipinski definition) is 2. The van der Waals surface area contributed by atoms with E-state index in [2.05, 4.69) is 0 Å². The molecule has 0 aliphatic carbocycles. The molecule has 0 saturated carbocycles. The molecule has 0 saturated heterocycles. The van der Waals surface area contributed by atoms with E-state index in [0.717, 1.165) is 0 Å². The van der Waals surface area contributed by atoms with Crippen LogP contribution in [0.25, 0.3) is 0 Å². The molecule has 0 bridgehead atoms. The number of halogens is 2. The highest BCUT2D eigenvalue weighted by molar-refractivity contribution is 5.89. The number of rotatable bonds is 2. The van der Waals surface area contributed by atoms with Gasteiger partial charge in [-0.2, -0.15) is 0 Å². The third kappa shape index (κ3) is 35.2. The van der Waals surface area contributed by atoms with E-state index in [0.29, 0.717) is 12.2 Å². The number of carbonyl (C=O) groups is 2. The summed E-state index contributed by atoms with van der Waals surface area (Å²) >= 11 is 0. The van der Waals surface area contributed by atoms with Crippen LogP contribution < -0.4 is 0 Å². The van der Waals surface area contributed by atoms with Gasteiger partial charge in [0.25, 0.3) is 0 Å². The molecule has 0 atom stereocenters. The molecule has 76 valence electrons. The van der Waals surface area contributed by atoms with Crippen LogP contribution in [-0.4, -0.2) is 33.1 Å². The molecule has 0 rings (SSSR count). The van der Waals surface area contributed by atoms with Crippen LogP contribution in [0, 0.1) is 0 Å². The van der Waals surface area contributed by atoms with Gasteiger partial charge < -0.3 is 21.2 Å². The zero-order valence-electron chi connectivity index (χ0n) is 5.68. The maximum Gasteiger partial charge on any atom is 0.328 e. The van der Waals surface area contributed by atoms with Crippen LogP contribution in [0.3, 0.4) is 0 Å². The maximum absolute atomic E-state index is 9.55. The summed E-state index contributed by atoms with van der Waals surface area (Å²) in [6, 6.07) is 0. The Balaban J connectivity index is -0.0000000408. The summed E-state index contributed by atoms with van der Waals surface area (Å²) in [4.78, 5) is 19.1. The average Bonchev–Trinajstić information content (AvgIpc) is 1.61. The lowest BCUT2D eigenvalue weighted by Crippen LogP contribution is -1.91. The predicted molar refractivity (Wildman–Crippen MR) is 46.1 cm³/mol. The molecule has 0 aromatic rings. The molecule has 0 aliphatic rings. The third-order valence-electron chi connectivity index (χ3n) is 0.368. The van der Waals surface area contributed by atoms with Crippen LogP contribution >= 0.6 is 24.8 Å². The van der Waals surface area contributed by atoms with E-state index in [1.165, 1.54) is 0 Å². The van der Waals surface area contributed by atoms with Gasteiger partial charge in [-0.3, -0.25) is 0 Å². The van der Waals surface area contributed by atoms with Crippen molar-refractivity contribution in [2.75, 3.05) is 0 Å². The molecule has 6 nitrogen and oxygen atoms in total. The molecule has 8 heteroatoms. The molecule has 0 amide bonds. The van der Waals surface area contributed by atoms with Crippen molar-refractivity contribution in [3.8, 4) is 0 Å². The minimum atomic E-state index is -1.26. The number of hydrogen-bond acceptors (Lipinski definition) is 2. The van der Waals surface area contributed by atoms with E-state index in [1.54, 1.807) is 0 Å². The van der Waals surface area contributed by atoms with Gasteiger partial charge in [0.05, 0.1) is 0 Å². The number of aliphatic carboxylic acids is 2. The standard InChI is InChI=1S/C4H4O4.2ClH.2H2O/c5-3(6)1-2-4(7)8;;;;/h1-2H,(H,5,6)(H,7,8);2*1H;2*1H2/b2-1+;;;;. The number of carboxylic acid groups (broad SMARTS) is 2. The third-order valence-corrected chi connectivity index (χ3v) is 0.368. The highest BCUT2D eigenvalue weighted by Crippen LogP contribution is 1.70. The maximum atomic E-state index is 9.55. The molecule has 0 fully saturated rings. The Hall–Kier alpha value is -0.820. The molecule has 6 N–H and O–H groups in total. The van der Waals surface area contributed by atoms with E-state index in [1.807, 2.05) is 0 Å². The Kier molecular flexibility index (Phi) is 42.1. The summed E-state index contributed by atoms with van der Waals surface area (Å²) in [5.41, 5.74) is 0. The first kappa shape index (κ1) is 30.3. The Labute approximate surface area is 80.3 Å². The van der Waals surface area contributed by atoms with E-state index in [4.69, 9.17) is 10.2 Å². The van der Waals surface area contributed by atoms with Gasteiger partial charge in [-0.15, -0.1) is 24.8 Å². The van der Waals surface area contributed by atoms with E-state index in [9.17, 15) is 9.59 Å². The smallest absolute Gasteiger partial charge is 0.328 e. The first-order valence-corrected chi connectivity index (χ1v) is 1.77. The second kappa shape index (κ2) is 16.6. The van der Waals surface area contributed by atoms with Crippen molar-refractivity contribution in [1.82, 2.24) is 0 Å².